The van der Waals surface area contributed by atoms with Crippen molar-refractivity contribution < 1.29 is 18.6 Å². The van der Waals surface area contributed by atoms with E-state index in [0.29, 0.717) is 0 Å². The Hall–Kier alpha value is -1.73. The second-order valence-corrected chi connectivity index (χ2v) is 12.1. The lowest BCUT2D eigenvalue weighted by Gasteiger charge is -2.32. The summed E-state index contributed by atoms with van der Waals surface area (Å²) >= 11 is 0. The number of fused-ring (bicyclic) bond motifs is 3. The van der Waals surface area contributed by atoms with Crippen LogP contribution < -0.4 is 10.9 Å². The van der Waals surface area contributed by atoms with Crippen molar-refractivity contribution in [3.63, 3.8) is 0 Å². The average Bonchev–Trinajstić information content (AvgIpc) is 3.16. The molecule has 1 aliphatic carbocycles. The first kappa shape index (κ1) is 23.0. The molecule has 6 nitrogen and oxygen atoms in total. The molecule has 0 N–H and O–H groups in total. The van der Waals surface area contributed by atoms with E-state index in [1.807, 2.05) is 12.4 Å². The third kappa shape index (κ3) is 3.25. The summed E-state index contributed by atoms with van der Waals surface area (Å²) < 4.78 is 25.1. The third-order valence-corrected chi connectivity index (χ3v) is 8.44. The lowest BCUT2D eigenvalue weighted by molar-refractivity contribution is 0.00578. The minimum absolute atomic E-state index is 0.274. The maximum absolute atomic E-state index is 6.27. The number of nitrogens with zero attached hydrogens (tertiary/aromatic N) is 2. The Morgan fingerprint density at radius 1 is 0.545 bits per heavy atom. The predicted molar refractivity (Wildman–Crippen MR) is 131 cm³/mol. The van der Waals surface area contributed by atoms with Crippen LogP contribution in [-0.4, -0.2) is 46.6 Å². The van der Waals surface area contributed by atoms with E-state index in [9.17, 15) is 0 Å². The van der Waals surface area contributed by atoms with Gasteiger partial charge in [-0.1, -0.05) is 26.0 Å². The molecular weight excluding hydrogens is 414 g/mol. The molecule has 0 radical (unpaired) electrons. The summed E-state index contributed by atoms with van der Waals surface area (Å²) in [6, 6.07) is 4.33. The fourth-order valence-corrected chi connectivity index (χ4v) is 4.65. The molecule has 2 saturated heterocycles. The highest BCUT2D eigenvalue weighted by atomic mass is 16.7. The van der Waals surface area contributed by atoms with E-state index in [1.165, 1.54) is 0 Å². The molecular formula is C25H34B2N2O4. The van der Waals surface area contributed by atoms with Crippen molar-refractivity contribution in [3.05, 3.63) is 35.7 Å². The van der Waals surface area contributed by atoms with Crippen molar-refractivity contribution in [2.75, 3.05) is 0 Å². The third-order valence-electron chi connectivity index (χ3n) is 8.44. The Morgan fingerprint density at radius 2 is 0.848 bits per heavy atom. The van der Waals surface area contributed by atoms with Gasteiger partial charge in [0.1, 0.15) is 0 Å². The van der Waals surface area contributed by atoms with E-state index in [0.717, 1.165) is 33.4 Å². The summed E-state index contributed by atoms with van der Waals surface area (Å²) in [6.07, 6.45) is 3.71. The Kier molecular flexibility index (Phi) is 4.67. The van der Waals surface area contributed by atoms with Crippen molar-refractivity contribution in [3.8, 4) is 11.4 Å². The van der Waals surface area contributed by atoms with Gasteiger partial charge in [-0.05, 0) is 66.5 Å². The molecule has 4 heterocycles. The van der Waals surface area contributed by atoms with Crippen LogP contribution in [-0.2, 0) is 24.0 Å². The Labute approximate surface area is 198 Å². The standard InChI is InChI=1S/C25H34B2N2O4/c1-21(2)17-11-15(26-30-22(3,4)23(5,6)31-26)13-28-19(17)20-18(21)12-16(14-29-20)27-32-24(7,8)25(9,10)33-27/h11-14H,1-10H3. The molecule has 0 atom stereocenters. The number of hydrogen-bond donors (Lipinski definition) is 0. The normalized spacial score (nSPS) is 25.3. The first-order valence-corrected chi connectivity index (χ1v) is 11.8. The minimum atomic E-state index is -0.444. The Bertz CT molecular complexity index is 1020. The SMILES string of the molecule is CC1(C)c2cc(B3OC(C)(C)C(C)(C)O3)cnc2-c2ncc(B3OC(C)(C)C(C)(C)O3)cc21. The van der Waals surface area contributed by atoms with Crippen LogP contribution in [0.3, 0.4) is 0 Å². The summed E-state index contributed by atoms with van der Waals surface area (Å²) in [7, 11) is -0.888. The molecule has 0 saturated carbocycles. The van der Waals surface area contributed by atoms with Crippen molar-refractivity contribution in [2.45, 2.75) is 97.1 Å². The van der Waals surface area contributed by atoms with Gasteiger partial charge >= 0.3 is 14.2 Å². The molecule has 3 aliphatic rings. The van der Waals surface area contributed by atoms with Crippen LogP contribution in [0.2, 0.25) is 0 Å². The van der Waals surface area contributed by atoms with Crippen molar-refractivity contribution in [2.24, 2.45) is 0 Å². The average molecular weight is 448 g/mol. The van der Waals surface area contributed by atoms with Crippen LogP contribution in [0.25, 0.3) is 11.4 Å². The molecule has 0 unspecified atom stereocenters. The highest BCUT2D eigenvalue weighted by molar-refractivity contribution is 6.62. The minimum Gasteiger partial charge on any atom is -0.399 e. The molecule has 5 rings (SSSR count). The van der Waals surface area contributed by atoms with Crippen molar-refractivity contribution in [1.82, 2.24) is 9.97 Å². The topological polar surface area (TPSA) is 62.7 Å². The Balaban J connectivity index is 1.50. The van der Waals surface area contributed by atoms with Crippen LogP contribution >= 0.6 is 0 Å². The number of hydrogen-bond acceptors (Lipinski definition) is 6. The Morgan fingerprint density at radius 3 is 1.15 bits per heavy atom. The van der Waals surface area contributed by atoms with E-state index < -0.39 is 36.6 Å². The summed E-state index contributed by atoms with van der Waals surface area (Å²) in [5, 5.41) is 0. The molecule has 0 aromatic carbocycles. The number of pyridine rings is 2. The van der Waals surface area contributed by atoms with Crippen LogP contribution in [0, 0.1) is 0 Å². The fourth-order valence-electron chi connectivity index (χ4n) is 4.65. The highest BCUT2D eigenvalue weighted by Crippen LogP contribution is 2.46. The fraction of sp³-hybridized carbons (Fsp3) is 0.600. The maximum atomic E-state index is 6.27. The summed E-state index contributed by atoms with van der Waals surface area (Å²) in [5.41, 5.74) is 4.09. The van der Waals surface area contributed by atoms with Crippen LogP contribution in [0.15, 0.2) is 24.5 Å². The monoisotopic (exact) mass is 448 g/mol. The predicted octanol–water partition coefficient (Wildman–Crippen LogP) is 3.38. The molecule has 0 amide bonds. The zero-order chi connectivity index (χ0) is 24.2. The lowest BCUT2D eigenvalue weighted by Crippen LogP contribution is -2.41. The number of rotatable bonds is 2. The zero-order valence-electron chi connectivity index (χ0n) is 21.5. The molecule has 2 aromatic rings. The maximum Gasteiger partial charge on any atom is 0.496 e. The van der Waals surface area contributed by atoms with E-state index in [1.54, 1.807) is 0 Å². The molecule has 8 heteroatoms. The van der Waals surface area contributed by atoms with Gasteiger partial charge < -0.3 is 18.6 Å². The number of aromatic nitrogens is 2. The molecule has 2 aromatic heterocycles. The van der Waals surface area contributed by atoms with Gasteiger partial charge in [0, 0.05) is 28.7 Å². The van der Waals surface area contributed by atoms with Gasteiger partial charge in [0.25, 0.3) is 0 Å². The van der Waals surface area contributed by atoms with Gasteiger partial charge in [0.2, 0.25) is 0 Å². The molecule has 0 spiro atoms. The second kappa shape index (κ2) is 6.69. The molecule has 174 valence electrons. The molecule has 0 bridgehead atoms. The van der Waals surface area contributed by atoms with Gasteiger partial charge in [0.05, 0.1) is 33.8 Å². The molecule has 2 fully saturated rings. The first-order valence-electron chi connectivity index (χ1n) is 11.8. The smallest absolute Gasteiger partial charge is 0.399 e. The van der Waals surface area contributed by atoms with Gasteiger partial charge in [-0.15, -0.1) is 0 Å². The van der Waals surface area contributed by atoms with Crippen LogP contribution in [0.5, 0.6) is 0 Å². The van der Waals surface area contributed by atoms with Gasteiger partial charge in [0.15, 0.2) is 0 Å². The first-order chi connectivity index (χ1) is 15.1. The van der Waals surface area contributed by atoms with E-state index in [2.05, 4.69) is 81.4 Å². The molecule has 2 aliphatic heterocycles. The van der Waals surface area contributed by atoms with E-state index in [4.69, 9.17) is 28.6 Å². The zero-order valence-corrected chi connectivity index (χ0v) is 21.5. The van der Waals surface area contributed by atoms with Crippen molar-refractivity contribution in [1.29, 1.82) is 0 Å². The second-order valence-electron chi connectivity index (χ2n) is 12.1. The van der Waals surface area contributed by atoms with E-state index >= 15 is 0 Å². The lowest BCUT2D eigenvalue weighted by atomic mass is 9.74. The van der Waals surface area contributed by atoms with Gasteiger partial charge in [-0.2, -0.15) is 0 Å². The highest BCUT2D eigenvalue weighted by Gasteiger charge is 2.54. The largest absolute Gasteiger partial charge is 0.496 e. The summed E-state index contributed by atoms with van der Waals surface area (Å²) in [6.45, 7) is 20.9. The molecule has 33 heavy (non-hydrogen) atoms. The quantitative estimate of drug-likeness (QED) is 0.657. The van der Waals surface area contributed by atoms with Gasteiger partial charge in [-0.3, -0.25) is 9.97 Å². The van der Waals surface area contributed by atoms with Crippen LogP contribution in [0.1, 0.15) is 80.4 Å². The van der Waals surface area contributed by atoms with E-state index in [-0.39, 0.29) is 5.41 Å². The van der Waals surface area contributed by atoms with Gasteiger partial charge in [-0.25, -0.2) is 0 Å². The van der Waals surface area contributed by atoms with Crippen molar-refractivity contribution >= 4 is 25.2 Å². The summed E-state index contributed by atoms with van der Waals surface area (Å²) in [5.74, 6) is 0. The van der Waals surface area contributed by atoms with Crippen LogP contribution in [0.4, 0.5) is 0 Å². The summed E-state index contributed by atoms with van der Waals surface area (Å²) in [4.78, 5) is 9.65.